The van der Waals surface area contributed by atoms with Crippen LogP contribution in [0.2, 0.25) is 0 Å². The fourth-order valence-corrected chi connectivity index (χ4v) is 4.24. The topological polar surface area (TPSA) is 100 Å². The predicted molar refractivity (Wildman–Crippen MR) is 152 cm³/mol. The van der Waals surface area contributed by atoms with Crippen molar-refractivity contribution < 1.29 is 19.1 Å². The van der Waals surface area contributed by atoms with Gasteiger partial charge < -0.3 is 20.1 Å². The molecule has 0 aliphatic rings. The van der Waals surface area contributed by atoms with E-state index in [1.54, 1.807) is 12.1 Å². The van der Waals surface area contributed by atoms with Gasteiger partial charge in [-0.2, -0.15) is 5.26 Å². The highest BCUT2D eigenvalue weighted by molar-refractivity contribution is 14.1. The van der Waals surface area contributed by atoms with Crippen LogP contribution in [0.25, 0.3) is 6.08 Å². The van der Waals surface area contributed by atoms with Crippen LogP contribution in [-0.4, -0.2) is 25.0 Å². The number of anilines is 1. The van der Waals surface area contributed by atoms with Crippen LogP contribution in [0.15, 0.2) is 72.3 Å². The summed E-state index contributed by atoms with van der Waals surface area (Å²) < 4.78 is 12.2. The number of nitrogens with zero attached hydrogens (tertiary/aromatic N) is 1. The molecule has 0 saturated carbocycles. The summed E-state index contributed by atoms with van der Waals surface area (Å²) in [5.41, 5.74) is 3.29. The van der Waals surface area contributed by atoms with Gasteiger partial charge in [-0.3, -0.25) is 9.59 Å². The van der Waals surface area contributed by atoms with E-state index < -0.39 is 5.91 Å². The third kappa shape index (κ3) is 8.08. The van der Waals surface area contributed by atoms with Gasteiger partial charge in [-0.1, -0.05) is 48.0 Å². The average molecular weight is 609 g/mol. The first-order valence-electron chi connectivity index (χ1n) is 11.7. The third-order valence-corrected chi connectivity index (χ3v) is 6.14. The van der Waals surface area contributed by atoms with Gasteiger partial charge in [-0.15, -0.1) is 0 Å². The molecule has 0 unspecified atom stereocenters. The molecule has 0 saturated heterocycles. The van der Waals surface area contributed by atoms with Crippen LogP contribution in [0.5, 0.6) is 11.5 Å². The van der Waals surface area contributed by atoms with Crippen molar-refractivity contribution in [3.63, 3.8) is 0 Å². The molecule has 0 spiro atoms. The lowest BCUT2D eigenvalue weighted by Gasteiger charge is -2.15. The summed E-state index contributed by atoms with van der Waals surface area (Å²) in [4.78, 5) is 25.2. The molecule has 190 valence electrons. The van der Waals surface area contributed by atoms with Gasteiger partial charge in [0.05, 0.1) is 16.2 Å². The van der Waals surface area contributed by atoms with E-state index >= 15 is 0 Å². The molecule has 0 radical (unpaired) electrons. The number of carbonyl (C=O) groups is 2. The maximum Gasteiger partial charge on any atom is 0.262 e. The Hall–Kier alpha value is -3.84. The zero-order valence-electron chi connectivity index (χ0n) is 20.9. The molecule has 3 rings (SSSR count). The summed E-state index contributed by atoms with van der Waals surface area (Å²) in [7, 11) is 0. The quantitative estimate of drug-likeness (QED) is 0.172. The van der Waals surface area contributed by atoms with E-state index in [0.29, 0.717) is 32.9 Å². The molecule has 3 aromatic rings. The Morgan fingerprint density at radius 3 is 2.43 bits per heavy atom. The number of ether oxygens (including phenoxy) is 2. The standard InChI is InChI=1S/C29H28IN3O4/c1-4-36-26-16-21(14-23(17-31)29(35)32-20(3)22-8-6-5-7-9-22)15-25(30)28(26)37-18-27(34)33-24-12-10-19(2)11-13-24/h5-16,20H,4,18H2,1-3H3,(H,32,35)(H,33,34)/b23-14-/t20-/m0/s1. The Balaban J connectivity index is 1.74. The van der Waals surface area contributed by atoms with E-state index in [2.05, 4.69) is 33.2 Å². The minimum atomic E-state index is -0.472. The highest BCUT2D eigenvalue weighted by Crippen LogP contribution is 2.35. The zero-order chi connectivity index (χ0) is 26.8. The fraction of sp³-hybridized carbons (Fsp3) is 0.207. The normalized spacial score (nSPS) is 11.7. The largest absolute Gasteiger partial charge is 0.490 e. The minimum absolute atomic E-state index is 0.0350. The number of nitriles is 1. The number of hydrogen-bond donors (Lipinski definition) is 2. The van der Waals surface area contributed by atoms with Crippen LogP contribution in [0.3, 0.4) is 0 Å². The minimum Gasteiger partial charge on any atom is -0.490 e. The lowest BCUT2D eigenvalue weighted by Crippen LogP contribution is -2.27. The molecule has 0 aromatic heterocycles. The number of amides is 2. The van der Waals surface area contributed by atoms with Crippen LogP contribution >= 0.6 is 22.6 Å². The molecule has 0 aliphatic carbocycles. The second kappa shape index (κ2) is 13.5. The molecule has 0 fully saturated rings. The van der Waals surface area contributed by atoms with Crippen molar-refractivity contribution in [2.45, 2.75) is 26.8 Å². The second-order valence-electron chi connectivity index (χ2n) is 8.24. The van der Waals surface area contributed by atoms with Crippen molar-refractivity contribution in [2.75, 3.05) is 18.5 Å². The first-order valence-corrected chi connectivity index (χ1v) is 12.8. The van der Waals surface area contributed by atoms with Gasteiger partial charge in [-0.05, 0) is 84.8 Å². The first kappa shape index (κ1) is 27.7. The van der Waals surface area contributed by atoms with E-state index in [0.717, 1.165) is 11.1 Å². The number of nitrogens with one attached hydrogen (secondary N) is 2. The van der Waals surface area contributed by atoms with Gasteiger partial charge >= 0.3 is 0 Å². The maximum atomic E-state index is 12.8. The van der Waals surface area contributed by atoms with E-state index in [1.165, 1.54) is 6.08 Å². The summed E-state index contributed by atoms with van der Waals surface area (Å²) in [6.07, 6.45) is 1.51. The van der Waals surface area contributed by atoms with Gasteiger partial charge in [0.15, 0.2) is 18.1 Å². The van der Waals surface area contributed by atoms with Crippen molar-refractivity contribution in [1.82, 2.24) is 5.32 Å². The van der Waals surface area contributed by atoms with Gasteiger partial charge in [-0.25, -0.2) is 0 Å². The predicted octanol–water partition coefficient (Wildman–Crippen LogP) is 5.80. The smallest absolute Gasteiger partial charge is 0.262 e. The summed E-state index contributed by atoms with van der Waals surface area (Å²) in [5, 5.41) is 15.3. The Labute approximate surface area is 230 Å². The number of hydrogen-bond acceptors (Lipinski definition) is 5. The number of carbonyl (C=O) groups excluding carboxylic acids is 2. The molecule has 8 heteroatoms. The van der Waals surface area contributed by atoms with Crippen molar-refractivity contribution in [2.24, 2.45) is 0 Å². The molecular weight excluding hydrogens is 581 g/mol. The molecule has 1 atom stereocenters. The summed E-state index contributed by atoms with van der Waals surface area (Å²) in [5.74, 6) is 0.0559. The molecule has 7 nitrogen and oxygen atoms in total. The SMILES string of the molecule is CCOc1cc(/C=C(/C#N)C(=O)N[C@@H](C)c2ccccc2)cc(I)c1OCC(=O)Nc1ccc(C)cc1. The van der Waals surface area contributed by atoms with E-state index in [-0.39, 0.29) is 24.1 Å². The van der Waals surface area contributed by atoms with Crippen molar-refractivity contribution in [3.8, 4) is 17.6 Å². The van der Waals surface area contributed by atoms with E-state index in [9.17, 15) is 14.9 Å². The Morgan fingerprint density at radius 2 is 1.78 bits per heavy atom. The molecule has 37 heavy (non-hydrogen) atoms. The molecule has 2 amide bonds. The van der Waals surface area contributed by atoms with Gasteiger partial charge in [0.2, 0.25) is 0 Å². The van der Waals surface area contributed by atoms with Crippen LogP contribution in [0.4, 0.5) is 5.69 Å². The lowest BCUT2D eigenvalue weighted by molar-refractivity contribution is -0.118. The summed E-state index contributed by atoms with van der Waals surface area (Å²) in [6, 6.07) is 22.2. The molecule has 0 aliphatic heterocycles. The van der Waals surface area contributed by atoms with Gasteiger partial charge in [0.25, 0.3) is 11.8 Å². The number of halogens is 1. The third-order valence-electron chi connectivity index (χ3n) is 5.34. The molecule has 2 N–H and O–H groups in total. The van der Waals surface area contributed by atoms with Crippen LogP contribution in [-0.2, 0) is 9.59 Å². The van der Waals surface area contributed by atoms with Crippen LogP contribution in [0.1, 0.15) is 36.6 Å². The molecule has 3 aromatic carbocycles. The van der Waals surface area contributed by atoms with Crippen molar-refractivity contribution in [1.29, 1.82) is 5.26 Å². The van der Waals surface area contributed by atoms with Gasteiger partial charge in [0, 0.05) is 5.69 Å². The number of aryl methyl sites for hydroxylation is 1. The summed E-state index contributed by atoms with van der Waals surface area (Å²) in [6.45, 7) is 5.83. The fourth-order valence-electron chi connectivity index (χ4n) is 3.46. The maximum absolute atomic E-state index is 12.8. The number of benzene rings is 3. The van der Waals surface area contributed by atoms with Crippen molar-refractivity contribution in [3.05, 3.63) is 92.6 Å². The van der Waals surface area contributed by atoms with Crippen LogP contribution in [0, 0.1) is 21.8 Å². The van der Waals surface area contributed by atoms with Gasteiger partial charge in [0.1, 0.15) is 11.6 Å². The second-order valence-corrected chi connectivity index (χ2v) is 9.40. The first-order chi connectivity index (χ1) is 17.8. The van der Waals surface area contributed by atoms with E-state index in [4.69, 9.17) is 9.47 Å². The Kier molecular flexibility index (Phi) is 10.1. The lowest BCUT2D eigenvalue weighted by atomic mass is 10.1. The molecule has 0 bridgehead atoms. The highest BCUT2D eigenvalue weighted by atomic mass is 127. The van der Waals surface area contributed by atoms with Crippen molar-refractivity contribution >= 4 is 46.2 Å². The Morgan fingerprint density at radius 1 is 1.08 bits per heavy atom. The zero-order valence-corrected chi connectivity index (χ0v) is 23.0. The monoisotopic (exact) mass is 609 g/mol. The molecule has 0 heterocycles. The molecular formula is C29H28IN3O4. The summed E-state index contributed by atoms with van der Waals surface area (Å²) >= 11 is 2.08. The van der Waals surface area contributed by atoms with E-state index in [1.807, 2.05) is 81.4 Å². The van der Waals surface area contributed by atoms with Crippen LogP contribution < -0.4 is 20.1 Å². The highest BCUT2D eigenvalue weighted by Gasteiger charge is 2.17. The Bertz CT molecular complexity index is 1320. The number of rotatable bonds is 10. The average Bonchev–Trinajstić information content (AvgIpc) is 2.88.